The summed E-state index contributed by atoms with van der Waals surface area (Å²) in [6.07, 6.45) is 0.706. The van der Waals surface area contributed by atoms with E-state index in [0.717, 1.165) is 21.2 Å². The summed E-state index contributed by atoms with van der Waals surface area (Å²) in [6, 6.07) is 16.0. The lowest BCUT2D eigenvalue weighted by Crippen LogP contribution is -2.33. The van der Waals surface area contributed by atoms with E-state index in [-0.39, 0.29) is 4.90 Å². The number of aryl methyl sites for hydroxylation is 1. The van der Waals surface area contributed by atoms with Crippen molar-refractivity contribution in [1.29, 1.82) is 0 Å². The number of rotatable bonds is 11. The molecule has 0 saturated carbocycles. The van der Waals surface area contributed by atoms with Crippen LogP contribution in [0.2, 0.25) is 5.02 Å². The van der Waals surface area contributed by atoms with E-state index in [1.165, 1.54) is 4.31 Å². The second-order valence-corrected chi connectivity index (χ2v) is 11.0. The number of nitrogens with zero attached hydrogens (tertiary/aromatic N) is 1. The van der Waals surface area contributed by atoms with Gasteiger partial charge in [-0.25, -0.2) is 13.2 Å². The van der Waals surface area contributed by atoms with Gasteiger partial charge in [-0.15, -0.1) is 11.8 Å². The van der Waals surface area contributed by atoms with Crippen molar-refractivity contribution < 1.29 is 23.1 Å². The molecule has 0 heterocycles. The van der Waals surface area contributed by atoms with Crippen LogP contribution in [0, 0.1) is 6.92 Å². The summed E-state index contributed by atoms with van der Waals surface area (Å²) in [5.74, 6) is 0.0703. The number of benzene rings is 3. The van der Waals surface area contributed by atoms with Crippen LogP contribution in [-0.4, -0.2) is 49.2 Å². The van der Waals surface area contributed by atoms with Crippen molar-refractivity contribution in [1.82, 2.24) is 4.31 Å². The molecule has 33 heavy (non-hydrogen) atoms. The normalized spacial score (nSPS) is 11.8. The number of hydrogen-bond donors (Lipinski definition) is 1. The van der Waals surface area contributed by atoms with Gasteiger partial charge < -0.3 is 9.84 Å². The van der Waals surface area contributed by atoms with Gasteiger partial charge in [-0.1, -0.05) is 36.7 Å². The maximum Gasteiger partial charge on any atom is 0.341 e. The highest BCUT2D eigenvalue weighted by atomic mass is 35.5. The highest BCUT2D eigenvalue weighted by molar-refractivity contribution is 7.99. The van der Waals surface area contributed by atoms with Crippen LogP contribution in [0.4, 0.5) is 0 Å². The minimum atomic E-state index is -3.65. The van der Waals surface area contributed by atoms with E-state index in [0.29, 0.717) is 36.0 Å². The van der Waals surface area contributed by atoms with Crippen LogP contribution in [0.25, 0.3) is 10.8 Å². The summed E-state index contributed by atoms with van der Waals surface area (Å²) in [7, 11) is -3.65. The average Bonchev–Trinajstić information content (AvgIpc) is 2.77. The molecular formula is C24H26ClNO5S2. The van der Waals surface area contributed by atoms with Gasteiger partial charge in [-0.2, -0.15) is 4.31 Å². The lowest BCUT2D eigenvalue weighted by atomic mass is 10.1. The van der Waals surface area contributed by atoms with Crippen LogP contribution in [0.1, 0.15) is 18.9 Å². The molecule has 6 nitrogen and oxygen atoms in total. The first-order chi connectivity index (χ1) is 15.7. The van der Waals surface area contributed by atoms with Crippen molar-refractivity contribution in [3.63, 3.8) is 0 Å². The van der Waals surface area contributed by atoms with Gasteiger partial charge in [-0.05, 0) is 60.7 Å². The highest BCUT2D eigenvalue weighted by Crippen LogP contribution is 2.29. The Morgan fingerprint density at radius 1 is 1.12 bits per heavy atom. The molecule has 0 aliphatic heterocycles. The Morgan fingerprint density at radius 3 is 2.61 bits per heavy atom. The summed E-state index contributed by atoms with van der Waals surface area (Å²) in [5, 5.41) is 11.0. The van der Waals surface area contributed by atoms with Gasteiger partial charge in [0.05, 0.1) is 4.90 Å². The highest BCUT2D eigenvalue weighted by Gasteiger charge is 2.24. The Bertz CT molecular complexity index is 1250. The zero-order chi connectivity index (χ0) is 24.0. The van der Waals surface area contributed by atoms with E-state index in [1.54, 1.807) is 42.1 Å². The van der Waals surface area contributed by atoms with Crippen molar-refractivity contribution in [2.75, 3.05) is 25.4 Å². The second kappa shape index (κ2) is 11.2. The molecule has 0 spiro atoms. The molecule has 3 rings (SSSR count). The first-order valence-electron chi connectivity index (χ1n) is 10.5. The van der Waals surface area contributed by atoms with Crippen LogP contribution in [0.15, 0.2) is 64.4 Å². The van der Waals surface area contributed by atoms with E-state index < -0.39 is 22.6 Å². The van der Waals surface area contributed by atoms with Gasteiger partial charge in [0.1, 0.15) is 5.75 Å². The average molecular weight is 508 g/mol. The van der Waals surface area contributed by atoms with E-state index >= 15 is 0 Å². The maximum absolute atomic E-state index is 13.3. The summed E-state index contributed by atoms with van der Waals surface area (Å²) in [5.41, 5.74) is 0.828. The van der Waals surface area contributed by atoms with E-state index in [1.807, 2.05) is 38.1 Å². The van der Waals surface area contributed by atoms with Crippen molar-refractivity contribution in [3.8, 4) is 5.75 Å². The monoisotopic (exact) mass is 507 g/mol. The Labute approximate surface area is 203 Å². The van der Waals surface area contributed by atoms with Crippen LogP contribution < -0.4 is 4.74 Å². The largest absolute Gasteiger partial charge is 0.482 e. The first kappa shape index (κ1) is 25.4. The molecule has 0 radical (unpaired) electrons. The van der Waals surface area contributed by atoms with Gasteiger partial charge in [0, 0.05) is 34.1 Å². The fourth-order valence-electron chi connectivity index (χ4n) is 3.41. The predicted octanol–water partition coefficient (Wildman–Crippen LogP) is 5.46. The maximum atomic E-state index is 13.3. The molecule has 0 unspecified atom stereocenters. The fourth-order valence-corrected chi connectivity index (χ4v) is 6.31. The molecule has 0 aliphatic rings. The Balaban J connectivity index is 1.70. The first-order valence-corrected chi connectivity index (χ1v) is 13.3. The SMILES string of the molecule is CCCN(CCSc1ccc(OCC(=O)O)c(C)c1)S(=O)(=O)c1ccc2c(Cl)cccc2c1. The van der Waals surface area contributed by atoms with Crippen LogP contribution in [0.3, 0.4) is 0 Å². The van der Waals surface area contributed by atoms with Crippen LogP contribution in [0.5, 0.6) is 5.75 Å². The standard InChI is InChI=1S/C24H26ClNO5S2/c1-3-11-26(12-13-32-19-7-10-23(17(2)14-19)31-16-24(27)28)33(29,30)20-8-9-21-18(15-20)5-4-6-22(21)25/h4-10,14-15H,3,11-13,16H2,1-2H3,(H,27,28). The molecule has 0 bridgehead atoms. The summed E-state index contributed by atoms with van der Waals surface area (Å²) < 4.78 is 33.4. The quantitative estimate of drug-likeness (QED) is 0.347. The van der Waals surface area contributed by atoms with Gasteiger partial charge >= 0.3 is 5.97 Å². The Morgan fingerprint density at radius 2 is 1.91 bits per heavy atom. The van der Waals surface area contributed by atoms with Crippen LogP contribution >= 0.6 is 23.4 Å². The fraction of sp³-hybridized carbons (Fsp3) is 0.292. The third-order valence-electron chi connectivity index (χ3n) is 5.02. The molecule has 0 amide bonds. The lowest BCUT2D eigenvalue weighted by Gasteiger charge is -2.22. The molecule has 176 valence electrons. The van der Waals surface area contributed by atoms with Crippen molar-refractivity contribution in [2.45, 2.75) is 30.1 Å². The van der Waals surface area contributed by atoms with E-state index in [4.69, 9.17) is 21.4 Å². The number of halogens is 1. The third kappa shape index (κ3) is 6.41. The number of ether oxygens (including phenoxy) is 1. The number of sulfonamides is 1. The van der Waals surface area contributed by atoms with E-state index in [9.17, 15) is 13.2 Å². The van der Waals surface area contributed by atoms with Gasteiger partial charge in [0.15, 0.2) is 6.61 Å². The van der Waals surface area contributed by atoms with Crippen molar-refractivity contribution in [2.24, 2.45) is 0 Å². The van der Waals surface area contributed by atoms with Gasteiger partial charge in [-0.3, -0.25) is 0 Å². The molecule has 3 aromatic rings. The minimum absolute atomic E-state index is 0.256. The third-order valence-corrected chi connectivity index (χ3v) is 8.21. The molecule has 1 N–H and O–H groups in total. The molecular weight excluding hydrogens is 482 g/mol. The zero-order valence-electron chi connectivity index (χ0n) is 18.5. The molecule has 3 aromatic carbocycles. The Hall–Kier alpha value is -2.26. The number of carbonyl (C=O) groups is 1. The minimum Gasteiger partial charge on any atom is -0.482 e. The predicted molar refractivity (Wildman–Crippen MR) is 133 cm³/mol. The number of carboxylic acids is 1. The molecule has 0 saturated heterocycles. The smallest absolute Gasteiger partial charge is 0.341 e. The lowest BCUT2D eigenvalue weighted by molar-refractivity contribution is -0.139. The summed E-state index contributed by atoms with van der Waals surface area (Å²) in [6.45, 7) is 4.20. The second-order valence-electron chi connectivity index (χ2n) is 7.49. The molecule has 0 aliphatic carbocycles. The molecule has 0 aromatic heterocycles. The number of carboxylic acid groups (broad SMARTS) is 1. The van der Waals surface area contributed by atoms with Crippen molar-refractivity contribution in [3.05, 3.63) is 65.2 Å². The van der Waals surface area contributed by atoms with E-state index in [2.05, 4.69) is 0 Å². The number of aliphatic carboxylic acids is 1. The number of fused-ring (bicyclic) bond motifs is 1. The topological polar surface area (TPSA) is 83.9 Å². The van der Waals surface area contributed by atoms with Gasteiger partial charge in [0.25, 0.3) is 0 Å². The zero-order valence-corrected chi connectivity index (χ0v) is 20.8. The van der Waals surface area contributed by atoms with Crippen molar-refractivity contribution >= 4 is 50.1 Å². The van der Waals surface area contributed by atoms with Gasteiger partial charge in [0.2, 0.25) is 10.0 Å². The Kier molecular flexibility index (Phi) is 8.64. The molecule has 0 fully saturated rings. The summed E-state index contributed by atoms with van der Waals surface area (Å²) in [4.78, 5) is 11.9. The molecule has 9 heteroatoms. The number of thioether (sulfide) groups is 1. The summed E-state index contributed by atoms with van der Waals surface area (Å²) >= 11 is 7.76. The van der Waals surface area contributed by atoms with Crippen LogP contribution in [-0.2, 0) is 14.8 Å². The number of hydrogen-bond acceptors (Lipinski definition) is 5. The molecule has 0 atom stereocenters.